The van der Waals surface area contributed by atoms with Crippen molar-refractivity contribution in [2.24, 2.45) is 0 Å². The van der Waals surface area contributed by atoms with Gasteiger partial charge in [-0.2, -0.15) is 0 Å². The largest absolute Gasteiger partial charge is 0.298 e. The maximum atomic E-state index is 10.8. The van der Waals surface area contributed by atoms with E-state index in [2.05, 4.69) is 6.08 Å². The second-order valence-corrected chi connectivity index (χ2v) is 7.87. The molecule has 0 aromatic heterocycles. The molecule has 0 aromatic rings. The van der Waals surface area contributed by atoms with Gasteiger partial charge in [0.05, 0.1) is 0 Å². The Bertz CT molecular complexity index is 385. The van der Waals surface area contributed by atoms with E-state index in [4.69, 9.17) is 0 Å². The second kappa shape index (κ2) is 7.31. The SMILES string of the molecule is O=CC1=CCCC1PCCPC1=C(C=O)CCC1. The average Bonchev–Trinajstić information content (AvgIpc) is 3.02. The molecule has 0 heterocycles. The van der Waals surface area contributed by atoms with Crippen LogP contribution in [0.3, 0.4) is 0 Å². The topological polar surface area (TPSA) is 34.1 Å². The van der Waals surface area contributed by atoms with Crippen LogP contribution in [0.4, 0.5) is 0 Å². The predicted molar refractivity (Wildman–Crippen MR) is 80.5 cm³/mol. The Morgan fingerprint density at radius 2 is 2.11 bits per heavy atom. The van der Waals surface area contributed by atoms with Crippen molar-refractivity contribution in [3.05, 3.63) is 22.5 Å². The van der Waals surface area contributed by atoms with Crippen LogP contribution in [-0.2, 0) is 9.59 Å². The monoisotopic (exact) mass is 282 g/mol. The summed E-state index contributed by atoms with van der Waals surface area (Å²) in [7, 11) is 1.72. The highest BCUT2D eigenvalue weighted by Crippen LogP contribution is 2.40. The van der Waals surface area contributed by atoms with Gasteiger partial charge in [-0.1, -0.05) is 14.7 Å². The Balaban J connectivity index is 1.69. The molecule has 0 N–H and O–H groups in total. The summed E-state index contributed by atoms with van der Waals surface area (Å²) in [6.07, 6.45) is 12.1. The first-order valence-electron chi connectivity index (χ1n) is 6.65. The lowest BCUT2D eigenvalue weighted by molar-refractivity contribution is -0.105. The van der Waals surface area contributed by atoms with Crippen LogP contribution < -0.4 is 0 Å². The molecule has 3 unspecified atom stereocenters. The first kappa shape index (κ1) is 14.1. The van der Waals surface area contributed by atoms with E-state index in [1.165, 1.54) is 24.1 Å². The van der Waals surface area contributed by atoms with E-state index in [0.717, 1.165) is 66.6 Å². The van der Waals surface area contributed by atoms with Crippen LogP contribution in [0, 0.1) is 0 Å². The summed E-state index contributed by atoms with van der Waals surface area (Å²) in [6, 6.07) is 0. The lowest BCUT2D eigenvalue weighted by Crippen LogP contribution is -2.01. The molecule has 0 spiro atoms. The summed E-state index contributed by atoms with van der Waals surface area (Å²) in [4.78, 5) is 21.7. The number of aldehydes is 2. The Labute approximate surface area is 112 Å². The van der Waals surface area contributed by atoms with Crippen LogP contribution in [-0.4, -0.2) is 30.6 Å². The molecule has 0 fully saturated rings. The quantitative estimate of drug-likeness (QED) is 0.408. The van der Waals surface area contributed by atoms with E-state index < -0.39 is 0 Å². The summed E-state index contributed by atoms with van der Waals surface area (Å²) in [6.45, 7) is 0. The molecule has 2 aliphatic rings. The van der Waals surface area contributed by atoms with Gasteiger partial charge in [-0.15, -0.1) is 8.58 Å². The Morgan fingerprint density at radius 3 is 2.89 bits per heavy atom. The third-order valence-corrected chi connectivity index (χ3v) is 7.28. The maximum absolute atomic E-state index is 10.8. The Hall–Kier alpha value is -0.320. The Kier molecular flexibility index (Phi) is 5.73. The molecule has 3 atom stereocenters. The van der Waals surface area contributed by atoms with E-state index in [0.29, 0.717) is 5.66 Å². The van der Waals surface area contributed by atoms with E-state index in [1.807, 2.05) is 0 Å². The van der Waals surface area contributed by atoms with Gasteiger partial charge in [0.1, 0.15) is 12.6 Å². The number of hydrogen-bond acceptors (Lipinski definition) is 2. The number of allylic oxidation sites excluding steroid dienone is 4. The minimum atomic E-state index is 0.537. The standard InChI is InChI=1S/C14H20O2P2/c15-9-11-3-1-5-13(11)17-7-8-18-14-6-2-4-12(14)10-16/h3,9-10,13,17-18H,1-2,4-8H2. The van der Waals surface area contributed by atoms with Gasteiger partial charge in [0.2, 0.25) is 0 Å². The van der Waals surface area contributed by atoms with Gasteiger partial charge in [0.25, 0.3) is 0 Å². The zero-order chi connectivity index (χ0) is 12.8. The van der Waals surface area contributed by atoms with Crippen molar-refractivity contribution < 1.29 is 9.59 Å². The fourth-order valence-corrected chi connectivity index (χ4v) is 5.92. The Morgan fingerprint density at radius 1 is 1.22 bits per heavy atom. The normalized spacial score (nSPS) is 24.7. The lowest BCUT2D eigenvalue weighted by atomic mass is 10.2. The highest BCUT2D eigenvalue weighted by Gasteiger charge is 2.18. The van der Waals surface area contributed by atoms with Crippen molar-refractivity contribution in [1.29, 1.82) is 0 Å². The molecule has 0 amide bonds. The molecule has 18 heavy (non-hydrogen) atoms. The number of rotatable bonds is 7. The average molecular weight is 282 g/mol. The third kappa shape index (κ3) is 3.59. The molecule has 0 aromatic carbocycles. The van der Waals surface area contributed by atoms with Gasteiger partial charge in [0, 0.05) is 5.66 Å². The molecule has 0 radical (unpaired) electrons. The fraction of sp³-hybridized carbons (Fsp3) is 0.571. The second-order valence-electron chi connectivity index (χ2n) is 4.81. The summed E-state index contributed by atoms with van der Waals surface area (Å²) in [5, 5.41) is 1.42. The molecule has 2 rings (SSSR count). The molecular formula is C14H20O2P2. The van der Waals surface area contributed by atoms with Crippen LogP contribution >= 0.6 is 17.2 Å². The highest BCUT2D eigenvalue weighted by atomic mass is 31.1. The summed E-state index contributed by atoms with van der Waals surface area (Å²) >= 11 is 0. The van der Waals surface area contributed by atoms with Crippen LogP contribution in [0.2, 0.25) is 0 Å². The number of carbonyl (C=O) groups excluding carboxylic acids is 2. The van der Waals surface area contributed by atoms with Crippen molar-refractivity contribution in [3.8, 4) is 0 Å². The first-order valence-corrected chi connectivity index (χ1v) is 9.14. The predicted octanol–water partition coefficient (Wildman–Crippen LogP) is 3.27. The van der Waals surface area contributed by atoms with Crippen molar-refractivity contribution in [2.45, 2.75) is 37.8 Å². The van der Waals surface area contributed by atoms with E-state index in [-0.39, 0.29) is 0 Å². The molecule has 2 aliphatic carbocycles. The van der Waals surface area contributed by atoms with Gasteiger partial charge in [-0.3, -0.25) is 9.59 Å². The van der Waals surface area contributed by atoms with Gasteiger partial charge in [0.15, 0.2) is 0 Å². The van der Waals surface area contributed by atoms with E-state index >= 15 is 0 Å². The molecule has 4 heteroatoms. The summed E-state index contributed by atoms with van der Waals surface area (Å²) in [5.74, 6) is 0. The smallest absolute Gasteiger partial charge is 0.146 e. The first-order chi connectivity index (χ1) is 8.85. The molecule has 98 valence electrons. The van der Waals surface area contributed by atoms with Crippen LogP contribution in [0.15, 0.2) is 22.5 Å². The number of carbonyl (C=O) groups is 2. The lowest BCUT2D eigenvalue weighted by Gasteiger charge is -2.11. The van der Waals surface area contributed by atoms with Crippen molar-refractivity contribution in [2.75, 3.05) is 12.3 Å². The maximum Gasteiger partial charge on any atom is 0.146 e. The number of hydrogen-bond donors (Lipinski definition) is 0. The minimum absolute atomic E-state index is 0.537. The van der Waals surface area contributed by atoms with Crippen LogP contribution in [0.5, 0.6) is 0 Å². The highest BCUT2D eigenvalue weighted by molar-refractivity contribution is 7.46. The molecular weight excluding hydrogens is 262 g/mol. The third-order valence-electron chi connectivity index (χ3n) is 3.63. The molecule has 0 bridgehead atoms. The van der Waals surface area contributed by atoms with Gasteiger partial charge < -0.3 is 0 Å². The molecule has 0 saturated carbocycles. The minimum Gasteiger partial charge on any atom is -0.298 e. The molecule has 2 nitrogen and oxygen atoms in total. The van der Waals surface area contributed by atoms with E-state index in [9.17, 15) is 9.59 Å². The van der Waals surface area contributed by atoms with Crippen LogP contribution in [0.1, 0.15) is 32.1 Å². The fourth-order valence-electron chi connectivity index (χ4n) is 2.63. The molecule has 0 aliphatic heterocycles. The van der Waals surface area contributed by atoms with Gasteiger partial charge in [-0.05, 0) is 60.9 Å². The van der Waals surface area contributed by atoms with Crippen molar-refractivity contribution >= 4 is 29.7 Å². The zero-order valence-corrected chi connectivity index (χ0v) is 12.6. The summed E-state index contributed by atoms with van der Waals surface area (Å²) in [5.41, 5.74) is 2.65. The van der Waals surface area contributed by atoms with Gasteiger partial charge in [-0.25, -0.2) is 0 Å². The van der Waals surface area contributed by atoms with Gasteiger partial charge >= 0.3 is 0 Å². The van der Waals surface area contributed by atoms with Crippen molar-refractivity contribution in [3.63, 3.8) is 0 Å². The van der Waals surface area contributed by atoms with Crippen LogP contribution in [0.25, 0.3) is 0 Å². The summed E-state index contributed by atoms with van der Waals surface area (Å²) < 4.78 is 0. The molecule has 0 saturated heterocycles. The zero-order valence-electron chi connectivity index (χ0n) is 10.6. The van der Waals surface area contributed by atoms with E-state index in [1.54, 1.807) is 0 Å². The van der Waals surface area contributed by atoms with Crippen molar-refractivity contribution in [1.82, 2.24) is 0 Å².